The molecule has 0 fully saturated rings. The predicted molar refractivity (Wildman–Crippen MR) is 75.9 cm³/mol. The molecule has 3 heteroatoms. The van der Waals surface area contributed by atoms with Crippen molar-refractivity contribution in [3.63, 3.8) is 0 Å². The Morgan fingerprint density at radius 2 is 1.94 bits per heavy atom. The van der Waals surface area contributed by atoms with Gasteiger partial charge in [-0.1, -0.05) is 24.3 Å². The SMILES string of the molecule is Cc1ccccc1C[C@H](C)NC[C@H](C)[S@](C)=O. The van der Waals surface area contributed by atoms with E-state index in [1.165, 1.54) is 11.1 Å². The summed E-state index contributed by atoms with van der Waals surface area (Å²) >= 11 is 0. The van der Waals surface area contributed by atoms with E-state index >= 15 is 0 Å². The van der Waals surface area contributed by atoms with Crippen LogP contribution in [0.3, 0.4) is 0 Å². The summed E-state index contributed by atoms with van der Waals surface area (Å²) in [4.78, 5) is 0. The first-order valence-electron chi connectivity index (χ1n) is 6.10. The van der Waals surface area contributed by atoms with Crippen molar-refractivity contribution >= 4 is 10.8 Å². The summed E-state index contributed by atoms with van der Waals surface area (Å²) in [6.07, 6.45) is 2.79. The minimum atomic E-state index is -0.740. The van der Waals surface area contributed by atoms with Crippen LogP contribution in [0, 0.1) is 6.92 Å². The Bertz CT molecular complexity index is 378. The molecule has 0 amide bonds. The summed E-state index contributed by atoms with van der Waals surface area (Å²) in [6, 6.07) is 8.89. The van der Waals surface area contributed by atoms with Gasteiger partial charge in [-0.05, 0) is 38.3 Å². The van der Waals surface area contributed by atoms with Gasteiger partial charge in [0.2, 0.25) is 0 Å². The Kier molecular flexibility index (Phi) is 5.86. The van der Waals surface area contributed by atoms with E-state index in [1.54, 1.807) is 6.26 Å². The first-order valence-corrected chi connectivity index (χ1v) is 7.73. The van der Waals surface area contributed by atoms with Gasteiger partial charge in [0.05, 0.1) is 0 Å². The lowest BCUT2D eigenvalue weighted by Crippen LogP contribution is -2.35. The van der Waals surface area contributed by atoms with Crippen molar-refractivity contribution in [1.29, 1.82) is 0 Å². The molecule has 0 bridgehead atoms. The number of benzene rings is 1. The Balaban J connectivity index is 2.42. The number of nitrogens with one attached hydrogen (secondary N) is 1. The van der Waals surface area contributed by atoms with Gasteiger partial charge in [-0.25, -0.2) is 0 Å². The molecule has 0 saturated heterocycles. The Hall–Kier alpha value is -0.670. The number of hydrogen-bond acceptors (Lipinski definition) is 2. The van der Waals surface area contributed by atoms with E-state index in [0.29, 0.717) is 6.04 Å². The fraction of sp³-hybridized carbons (Fsp3) is 0.571. The lowest BCUT2D eigenvalue weighted by molar-refractivity contribution is 0.542. The quantitative estimate of drug-likeness (QED) is 0.843. The summed E-state index contributed by atoms with van der Waals surface area (Å²) in [5.41, 5.74) is 2.73. The van der Waals surface area contributed by atoms with Crippen LogP contribution in [0.25, 0.3) is 0 Å². The van der Waals surface area contributed by atoms with Crippen LogP contribution in [-0.2, 0) is 17.2 Å². The average Bonchev–Trinajstić information content (AvgIpc) is 2.29. The molecule has 0 saturated carbocycles. The fourth-order valence-electron chi connectivity index (χ4n) is 1.73. The van der Waals surface area contributed by atoms with E-state index in [-0.39, 0.29) is 5.25 Å². The molecule has 0 unspecified atom stereocenters. The summed E-state index contributed by atoms with van der Waals surface area (Å²) in [5.74, 6) is 0. The van der Waals surface area contributed by atoms with Gasteiger partial charge in [0.25, 0.3) is 0 Å². The van der Waals surface area contributed by atoms with Crippen molar-refractivity contribution in [3.05, 3.63) is 35.4 Å². The fourth-order valence-corrected chi connectivity index (χ4v) is 2.06. The van der Waals surface area contributed by atoms with E-state index in [2.05, 4.69) is 43.4 Å². The highest BCUT2D eigenvalue weighted by Crippen LogP contribution is 2.09. The van der Waals surface area contributed by atoms with E-state index in [4.69, 9.17) is 0 Å². The van der Waals surface area contributed by atoms with Crippen molar-refractivity contribution in [3.8, 4) is 0 Å². The van der Waals surface area contributed by atoms with Crippen molar-refractivity contribution in [2.24, 2.45) is 0 Å². The summed E-state index contributed by atoms with van der Waals surface area (Å²) < 4.78 is 11.2. The van der Waals surface area contributed by atoms with Gasteiger partial charge in [-0.15, -0.1) is 0 Å². The number of rotatable bonds is 6. The summed E-state index contributed by atoms with van der Waals surface area (Å²) in [5, 5.41) is 3.66. The maximum atomic E-state index is 11.2. The molecule has 96 valence electrons. The van der Waals surface area contributed by atoms with Crippen LogP contribution in [0.1, 0.15) is 25.0 Å². The molecule has 1 rings (SSSR count). The maximum absolute atomic E-state index is 11.2. The predicted octanol–water partition coefficient (Wildman–Crippen LogP) is 2.28. The zero-order valence-corrected chi connectivity index (χ0v) is 12.0. The van der Waals surface area contributed by atoms with Gasteiger partial charge in [-0.2, -0.15) is 0 Å². The Morgan fingerprint density at radius 1 is 1.29 bits per heavy atom. The monoisotopic (exact) mass is 253 g/mol. The highest BCUT2D eigenvalue weighted by atomic mass is 32.2. The molecular weight excluding hydrogens is 230 g/mol. The molecule has 0 aliphatic heterocycles. The molecule has 0 aromatic heterocycles. The molecule has 17 heavy (non-hydrogen) atoms. The van der Waals surface area contributed by atoms with Crippen molar-refractivity contribution in [2.75, 3.05) is 12.8 Å². The molecule has 2 nitrogen and oxygen atoms in total. The zero-order chi connectivity index (χ0) is 12.8. The molecular formula is C14H23NOS. The van der Waals surface area contributed by atoms with Gasteiger partial charge < -0.3 is 5.32 Å². The molecule has 1 N–H and O–H groups in total. The Labute approximate surface area is 107 Å². The Morgan fingerprint density at radius 3 is 2.53 bits per heavy atom. The molecule has 0 aliphatic carbocycles. The van der Waals surface area contributed by atoms with Crippen LogP contribution in [-0.4, -0.2) is 28.3 Å². The number of aryl methyl sites for hydroxylation is 1. The summed E-state index contributed by atoms with van der Waals surface area (Å²) in [7, 11) is -0.740. The van der Waals surface area contributed by atoms with Gasteiger partial charge in [0, 0.05) is 34.9 Å². The minimum absolute atomic E-state index is 0.217. The van der Waals surface area contributed by atoms with Gasteiger partial charge >= 0.3 is 0 Å². The highest BCUT2D eigenvalue weighted by molar-refractivity contribution is 7.84. The molecule has 0 spiro atoms. The second kappa shape index (κ2) is 6.92. The smallest absolute Gasteiger partial charge is 0.0441 e. The average molecular weight is 253 g/mol. The third-order valence-corrected chi connectivity index (χ3v) is 4.41. The first kappa shape index (κ1) is 14.4. The molecule has 0 aliphatic rings. The lowest BCUT2D eigenvalue weighted by Gasteiger charge is -2.17. The van der Waals surface area contributed by atoms with Crippen molar-refractivity contribution in [1.82, 2.24) is 5.32 Å². The highest BCUT2D eigenvalue weighted by Gasteiger charge is 2.09. The molecule has 0 radical (unpaired) electrons. The second-order valence-corrected chi connectivity index (χ2v) is 6.55. The van der Waals surface area contributed by atoms with Crippen molar-refractivity contribution < 1.29 is 4.21 Å². The van der Waals surface area contributed by atoms with Crippen LogP contribution >= 0.6 is 0 Å². The third-order valence-electron chi connectivity index (χ3n) is 3.11. The maximum Gasteiger partial charge on any atom is 0.0441 e. The molecule has 1 aromatic rings. The lowest BCUT2D eigenvalue weighted by atomic mass is 10.0. The van der Waals surface area contributed by atoms with Crippen LogP contribution < -0.4 is 5.32 Å². The standard InChI is InChI=1S/C14H23NOS/c1-11-7-5-6-8-14(11)9-12(2)15-10-13(3)17(4)16/h5-8,12-13,15H,9-10H2,1-4H3/t12-,13-,17-/m0/s1. The van der Waals surface area contributed by atoms with Crippen LogP contribution in [0.4, 0.5) is 0 Å². The van der Waals surface area contributed by atoms with Crippen LogP contribution in [0.2, 0.25) is 0 Å². The first-order chi connectivity index (χ1) is 8.00. The topological polar surface area (TPSA) is 29.1 Å². The van der Waals surface area contributed by atoms with Crippen LogP contribution in [0.5, 0.6) is 0 Å². The van der Waals surface area contributed by atoms with E-state index < -0.39 is 10.8 Å². The zero-order valence-electron chi connectivity index (χ0n) is 11.2. The molecule has 0 heterocycles. The molecule has 3 atom stereocenters. The van der Waals surface area contributed by atoms with Gasteiger partial charge in [0.15, 0.2) is 0 Å². The van der Waals surface area contributed by atoms with E-state index in [0.717, 1.165) is 13.0 Å². The summed E-state index contributed by atoms with van der Waals surface area (Å²) in [6.45, 7) is 7.16. The van der Waals surface area contributed by atoms with E-state index in [1.807, 2.05) is 6.92 Å². The van der Waals surface area contributed by atoms with Crippen molar-refractivity contribution in [2.45, 2.75) is 38.5 Å². The van der Waals surface area contributed by atoms with Gasteiger partial charge in [0.1, 0.15) is 0 Å². The largest absolute Gasteiger partial charge is 0.313 e. The third kappa shape index (κ3) is 5.00. The normalized spacial score (nSPS) is 16.5. The van der Waals surface area contributed by atoms with Crippen LogP contribution in [0.15, 0.2) is 24.3 Å². The second-order valence-electron chi connectivity index (χ2n) is 4.75. The minimum Gasteiger partial charge on any atom is -0.313 e. The van der Waals surface area contributed by atoms with E-state index in [9.17, 15) is 4.21 Å². The molecule has 1 aromatic carbocycles. The number of hydrogen-bond donors (Lipinski definition) is 1. The van der Waals surface area contributed by atoms with Gasteiger partial charge in [-0.3, -0.25) is 4.21 Å².